The molecule has 0 aromatic carbocycles. The van der Waals surface area contributed by atoms with Gasteiger partial charge in [0, 0.05) is 13.1 Å². The van der Waals surface area contributed by atoms with Gasteiger partial charge in [-0.15, -0.1) is 11.6 Å². The highest BCUT2D eigenvalue weighted by Crippen LogP contribution is 2.06. The zero-order chi connectivity index (χ0) is 5.98. The second kappa shape index (κ2) is 2.46. The summed E-state index contributed by atoms with van der Waals surface area (Å²) >= 11 is 5.53. The van der Waals surface area contributed by atoms with Gasteiger partial charge in [0.05, 0.1) is 5.38 Å². The lowest BCUT2D eigenvalue weighted by molar-refractivity contribution is 0.545. The third-order valence-electron chi connectivity index (χ3n) is 0.995. The summed E-state index contributed by atoms with van der Waals surface area (Å²) in [5, 5.41) is 2.65. The molecular weight excluding hydrogens is 129 g/mol. The first-order chi connectivity index (χ1) is 3.79. The summed E-state index contributed by atoms with van der Waals surface area (Å²) in [5.41, 5.74) is 0. The minimum absolute atomic E-state index is 0.156. The molecule has 1 rings (SSSR count). The van der Waals surface area contributed by atoms with Crippen molar-refractivity contribution in [3.63, 3.8) is 0 Å². The summed E-state index contributed by atoms with van der Waals surface area (Å²) in [4.78, 5) is 0. The molecule has 1 unspecified atom stereocenters. The Morgan fingerprint density at radius 1 is 1.88 bits per heavy atom. The maximum atomic E-state index is 12.1. The Bertz CT molecular complexity index is 113. The maximum absolute atomic E-state index is 12.1. The van der Waals surface area contributed by atoms with Crippen LogP contribution in [0.25, 0.3) is 0 Å². The fourth-order valence-corrected chi connectivity index (χ4v) is 0.889. The molecule has 0 radical (unpaired) electrons. The van der Waals surface area contributed by atoms with Crippen LogP contribution in [0.4, 0.5) is 4.39 Å². The van der Waals surface area contributed by atoms with Crippen LogP contribution in [-0.4, -0.2) is 18.5 Å². The van der Waals surface area contributed by atoms with Crippen molar-refractivity contribution < 1.29 is 4.39 Å². The van der Waals surface area contributed by atoms with Crippen molar-refractivity contribution in [1.82, 2.24) is 5.32 Å². The zero-order valence-corrected chi connectivity index (χ0v) is 5.08. The molecule has 0 aliphatic carbocycles. The van der Waals surface area contributed by atoms with Crippen molar-refractivity contribution >= 4 is 11.6 Å². The van der Waals surface area contributed by atoms with Crippen LogP contribution in [0.1, 0.15) is 0 Å². The van der Waals surface area contributed by atoms with E-state index in [1.165, 1.54) is 6.08 Å². The molecule has 0 saturated carbocycles. The zero-order valence-electron chi connectivity index (χ0n) is 4.32. The lowest BCUT2D eigenvalue weighted by Gasteiger charge is -2.11. The van der Waals surface area contributed by atoms with E-state index in [0.717, 1.165) is 0 Å². The molecule has 0 amide bonds. The fraction of sp³-hybridized carbons (Fsp3) is 0.600. The minimum atomic E-state index is -0.163. The smallest absolute Gasteiger partial charge is 0.111 e. The van der Waals surface area contributed by atoms with Gasteiger partial charge >= 0.3 is 0 Å². The van der Waals surface area contributed by atoms with E-state index < -0.39 is 0 Å². The summed E-state index contributed by atoms with van der Waals surface area (Å²) in [6.45, 7) is 1.01. The molecule has 8 heavy (non-hydrogen) atoms. The standard InChI is InChI=1S/C5H7ClFN/c6-4-1-5(7)3-8-2-4/h1,4,8H,2-3H2. The van der Waals surface area contributed by atoms with Crippen LogP contribution >= 0.6 is 11.6 Å². The van der Waals surface area contributed by atoms with Crippen molar-refractivity contribution in [1.29, 1.82) is 0 Å². The van der Waals surface area contributed by atoms with Crippen LogP contribution in [0.5, 0.6) is 0 Å². The molecule has 1 aliphatic heterocycles. The monoisotopic (exact) mass is 135 g/mol. The lowest BCUT2D eigenvalue weighted by atomic mass is 10.3. The predicted octanol–water partition coefficient (Wildman–Crippen LogP) is 1.05. The average molecular weight is 136 g/mol. The molecule has 1 aliphatic rings. The number of hydrogen-bond acceptors (Lipinski definition) is 1. The Morgan fingerprint density at radius 3 is 3.00 bits per heavy atom. The Hall–Kier alpha value is -0.0800. The summed E-state index contributed by atoms with van der Waals surface area (Å²) in [5.74, 6) is -0.156. The van der Waals surface area contributed by atoms with E-state index in [0.29, 0.717) is 13.1 Å². The van der Waals surface area contributed by atoms with Crippen LogP contribution < -0.4 is 5.32 Å². The van der Waals surface area contributed by atoms with E-state index >= 15 is 0 Å². The number of alkyl halides is 1. The average Bonchev–Trinajstić information content (AvgIpc) is 1.64. The highest BCUT2D eigenvalue weighted by atomic mass is 35.5. The third-order valence-corrected chi connectivity index (χ3v) is 1.28. The highest BCUT2D eigenvalue weighted by molar-refractivity contribution is 6.22. The summed E-state index contributed by atoms with van der Waals surface area (Å²) < 4.78 is 12.1. The van der Waals surface area contributed by atoms with Crippen LogP contribution in [0.3, 0.4) is 0 Å². The molecule has 1 N–H and O–H groups in total. The largest absolute Gasteiger partial charge is 0.309 e. The molecule has 0 aromatic heterocycles. The van der Waals surface area contributed by atoms with Gasteiger partial charge in [0.1, 0.15) is 5.83 Å². The molecule has 46 valence electrons. The molecule has 0 bridgehead atoms. The number of hydrogen-bond donors (Lipinski definition) is 1. The number of rotatable bonds is 0. The van der Waals surface area contributed by atoms with Crippen molar-refractivity contribution in [2.24, 2.45) is 0 Å². The molecule has 1 nitrogen and oxygen atoms in total. The molecule has 0 spiro atoms. The Labute approximate surface area is 52.5 Å². The molecule has 1 heterocycles. The van der Waals surface area contributed by atoms with Crippen LogP contribution in [0.15, 0.2) is 11.9 Å². The van der Waals surface area contributed by atoms with E-state index in [4.69, 9.17) is 11.6 Å². The van der Waals surface area contributed by atoms with Crippen LogP contribution in [-0.2, 0) is 0 Å². The molecule has 0 aromatic rings. The first-order valence-corrected chi connectivity index (χ1v) is 2.93. The van der Waals surface area contributed by atoms with Crippen molar-refractivity contribution in [2.45, 2.75) is 5.38 Å². The molecule has 1 atom stereocenters. The second-order valence-corrected chi connectivity index (χ2v) is 2.32. The summed E-state index contributed by atoms with van der Waals surface area (Å²) in [7, 11) is 0. The van der Waals surface area contributed by atoms with Gasteiger partial charge in [-0.3, -0.25) is 0 Å². The number of nitrogens with one attached hydrogen (secondary N) is 1. The normalized spacial score (nSPS) is 29.8. The van der Waals surface area contributed by atoms with E-state index in [2.05, 4.69) is 5.32 Å². The van der Waals surface area contributed by atoms with Gasteiger partial charge in [-0.25, -0.2) is 4.39 Å². The van der Waals surface area contributed by atoms with Crippen molar-refractivity contribution in [3.05, 3.63) is 11.9 Å². The Balaban J connectivity index is 2.50. The summed E-state index contributed by atoms with van der Waals surface area (Å²) in [6, 6.07) is 0. The van der Waals surface area contributed by atoms with Gasteiger partial charge in [-0.2, -0.15) is 0 Å². The SMILES string of the molecule is FC1=CC(Cl)CNC1. The van der Waals surface area contributed by atoms with Gasteiger partial charge in [0.25, 0.3) is 0 Å². The Morgan fingerprint density at radius 2 is 2.62 bits per heavy atom. The van der Waals surface area contributed by atoms with Crippen LogP contribution in [0.2, 0.25) is 0 Å². The highest BCUT2D eigenvalue weighted by Gasteiger charge is 2.08. The van der Waals surface area contributed by atoms with Crippen LogP contribution in [0, 0.1) is 0 Å². The molecule has 0 saturated heterocycles. The maximum Gasteiger partial charge on any atom is 0.111 e. The van der Waals surface area contributed by atoms with E-state index in [9.17, 15) is 4.39 Å². The number of halogens is 2. The fourth-order valence-electron chi connectivity index (χ4n) is 0.644. The van der Waals surface area contributed by atoms with Crippen molar-refractivity contribution in [2.75, 3.05) is 13.1 Å². The van der Waals surface area contributed by atoms with Gasteiger partial charge in [0.15, 0.2) is 0 Å². The van der Waals surface area contributed by atoms with Gasteiger partial charge in [-0.1, -0.05) is 0 Å². The van der Waals surface area contributed by atoms with Gasteiger partial charge in [-0.05, 0) is 6.08 Å². The van der Waals surface area contributed by atoms with Gasteiger partial charge in [0.2, 0.25) is 0 Å². The second-order valence-electron chi connectivity index (χ2n) is 1.76. The minimum Gasteiger partial charge on any atom is -0.309 e. The molecular formula is C5H7ClFN. The van der Waals surface area contributed by atoms with Crippen molar-refractivity contribution in [3.8, 4) is 0 Å². The van der Waals surface area contributed by atoms with E-state index in [1.807, 2.05) is 0 Å². The molecule has 3 heteroatoms. The first kappa shape index (κ1) is 6.05. The first-order valence-electron chi connectivity index (χ1n) is 2.50. The van der Waals surface area contributed by atoms with E-state index in [1.54, 1.807) is 0 Å². The van der Waals surface area contributed by atoms with Gasteiger partial charge < -0.3 is 5.32 Å². The van der Waals surface area contributed by atoms with E-state index in [-0.39, 0.29) is 11.2 Å². The topological polar surface area (TPSA) is 12.0 Å². The molecule has 0 fully saturated rings. The lowest BCUT2D eigenvalue weighted by Crippen LogP contribution is -2.28. The quantitative estimate of drug-likeness (QED) is 0.490. The predicted molar refractivity (Wildman–Crippen MR) is 31.7 cm³/mol. The Kier molecular flexibility index (Phi) is 1.86. The third kappa shape index (κ3) is 1.46. The summed E-state index contributed by atoms with van der Waals surface area (Å²) in [6.07, 6.45) is 1.43.